The van der Waals surface area contributed by atoms with E-state index in [1.165, 1.54) is 42.9 Å². The molecule has 1 nitrogen and oxygen atoms in total. The number of hydrogen-bond donors (Lipinski definition) is 0. The molecule has 2 rings (SSSR count). The normalized spacial score (nSPS) is 11.0. The van der Waals surface area contributed by atoms with E-state index in [2.05, 4.69) is 69.1 Å². The van der Waals surface area contributed by atoms with Crippen molar-refractivity contribution in [1.82, 2.24) is 0 Å². The highest BCUT2D eigenvalue weighted by molar-refractivity contribution is 9.11. The summed E-state index contributed by atoms with van der Waals surface area (Å²) in [5, 5.41) is 2.40. The zero-order valence-electron chi connectivity index (χ0n) is 12.5. The first-order valence-electron chi connectivity index (χ1n) is 7.73. The Hall–Kier alpha value is -0.540. The van der Waals surface area contributed by atoms with Gasteiger partial charge >= 0.3 is 0 Å². The second kappa shape index (κ2) is 8.79. The molecule has 0 atom stereocenters. The van der Waals surface area contributed by atoms with Crippen molar-refractivity contribution in [3.8, 4) is 5.75 Å². The molecule has 0 fully saturated rings. The van der Waals surface area contributed by atoms with Crippen LogP contribution in [0.15, 0.2) is 39.3 Å². The van der Waals surface area contributed by atoms with Crippen LogP contribution in [0.2, 0.25) is 0 Å². The highest BCUT2D eigenvalue weighted by atomic mass is 79.9. The van der Waals surface area contributed by atoms with Crippen molar-refractivity contribution in [3.63, 3.8) is 0 Å². The van der Waals surface area contributed by atoms with Gasteiger partial charge in [-0.3, -0.25) is 0 Å². The van der Waals surface area contributed by atoms with Crippen LogP contribution in [-0.2, 0) is 0 Å². The van der Waals surface area contributed by atoms with Gasteiger partial charge in [-0.05, 0) is 51.3 Å². The van der Waals surface area contributed by atoms with E-state index in [4.69, 9.17) is 4.74 Å². The Morgan fingerprint density at radius 2 is 1.67 bits per heavy atom. The molecule has 21 heavy (non-hydrogen) atoms. The molecule has 2 aromatic rings. The Balaban J connectivity index is 1.88. The van der Waals surface area contributed by atoms with E-state index < -0.39 is 0 Å². The molecule has 0 bridgehead atoms. The predicted octanol–water partition coefficient (Wildman–Crippen LogP) is 7.10. The van der Waals surface area contributed by atoms with Crippen LogP contribution in [0.1, 0.15) is 45.4 Å². The van der Waals surface area contributed by atoms with Crippen molar-refractivity contribution in [3.05, 3.63) is 39.3 Å². The van der Waals surface area contributed by atoms with Crippen molar-refractivity contribution < 1.29 is 4.74 Å². The van der Waals surface area contributed by atoms with Crippen LogP contribution in [0.4, 0.5) is 0 Å². The van der Waals surface area contributed by atoms with Gasteiger partial charge < -0.3 is 4.74 Å². The molecule has 0 N–H and O–H groups in total. The van der Waals surface area contributed by atoms with Crippen LogP contribution in [0.3, 0.4) is 0 Å². The molecule has 0 heterocycles. The minimum absolute atomic E-state index is 0.798. The summed E-state index contributed by atoms with van der Waals surface area (Å²) in [6, 6.07) is 10.5. The summed E-state index contributed by atoms with van der Waals surface area (Å²) < 4.78 is 8.08. The van der Waals surface area contributed by atoms with Gasteiger partial charge in [0.15, 0.2) is 0 Å². The topological polar surface area (TPSA) is 9.23 Å². The first-order chi connectivity index (χ1) is 10.2. The van der Waals surface area contributed by atoms with E-state index >= 15 is 0 Å². The molecule has 0 spiro atoms. The summed E-state index contributed by atoms with van der Waals surface area (Å²) in [5.41, 5.74) is 0. The molecular formula is C18H22Br2O. The molecule has 3 heteroatoms. The van der Waals surface area contributed by atoms with Gasteiger partial charge in [-0.1, -0.05) is 67.1 Å². The number of benzene rings is 2. The fourth-order valence-corrected chi connectivity index (χ4v) is 3.41. The van der Waals surface area contributed by atoms with Crippen molar-refractivity contribution in [2.75, 3.05) is 6.61 Å². The summed E-state index contributed by atoms with van der Waals surface area (Å²) in [7, 11) is 0. The van der Waals surface area contributed by atoms with Crippen molar-refractivity contribution >= 4 is 42.6 Å². The number of halogens is 2. The van der Waals surface area contributed by atoms with E-state index in [-0.39, 0.29) is 0 Å². The Labute approximate surface area is 144 Å². The number of fused-ring (bicyclic) bond motifs is 1. The molecule has 0 saturated carbocycles. The van der Waals surface area contributed by atoms with Crippen LogP contribution >= 0.6 is 31.9 Å². The number of rotatable bonds is 8. The zero-order valence-corrected chi connectivity index (χ0v) is 15.7. The van der Waals surface area contributed by atoms with Gasteiger partial charge in [-0.25, -0.2) is 0 Å². The number of ether oxygens (including phenoxy) is 1. The Morgan fingerprint density at radius 1 is 0.905 bits per heavy atom. The standard InChI is InChI=1S/C18H22Br2O/c1-2-3-4-5-6-7-12-21-17-11-8-14-13-15(19)9-10-16(14)18(17)20/h8-11,13H,2-7,12H2,1H3. The van der Waals surface area contributed by atoms with E-state index in [9.17, 15) is 0 Å². The second-order valence-electron chi connectivity index (χ2n) is 5.36. The van der Waals surface area contributed by atoms with Gasteiger partial charge in [-0.2, -0.15) is 0 Å². The Kier molecular flexibility index (Phi) is 7.05. The summed E-state index contributed by atoms with van der Waals surface area (Å²) >= 11 is 7.18. The fraction of sp³-hybridized carbons (Fsp3) is 0.444. The van der Waals surface area contributed by atoms with Crippen LogP contribution in [-0.4, -0.2) is 6.61 Å². The van der Waals surface area contributed by atoms with Crippen LogP contribution < -0.4 is 4.74 Å². The zero-order chi connectivity index (χ0) is 15.1. The molecule has 0 aliphatic rings. The predicted molar refractivity (Wildman–Crippen MR) is 98.2 cm³/mol. The van der Waals surface area contributed by atoms with Gasteiger partial charge in [-0.15, -0.1) is 0 Å². The van der Waals surface area contributed by atoms with Gasteiger partial charge in [0.1, 0.15) is 5.75 Å². The van der Waals surface area contributed by atoms with Crippen molar-refractivity contribution in [2.45, 2.75) is 45.4 Å². The van der Waals surface area contributed by atoms with Crippen LogP contribution in [0.25, 0.3) is 10.8 Å². The van der Waals surface area contributed by atoms with Gasteiger partial charge in [0, 0.05) is 4.47 Å². The Morgan fingerprint density at radius 3 is 2.48 bits per heavy atom. The summed E-state index contributed by atoms with van der Waals surface area (Å²) in [6.45, 7) is 3.05. The van der Waals surface area contributed by atoms with E-state index in [0.717, 1.165) is 27.7 Å². The van der Waals surface area contributed by atoms with Crippen molar-refractivity contribution in [1.29, 1.82) is 0 Å². The van der Waals surface area contributed by atoms with Crippen molar-refractivity contribution in [2.24, 2.45) is 0 Å². The molecular weight excluding hydrogens is 392 g/mol. The Bertz CT molecular complexity index is 581. The average molecular weight is 414 g/mol. The summed E-state index contributed by atoms with van der Waals surface area (Å²) in [5.74, 6) is 0.943. The monoisotopic (exact) mass is 412 g/mol. The van der Waals surface area contributed by atoms with Gasteiger partial charge in [0.05, 0.1) is 11.1 Å². The highest BCUT2D eigenvalue weighted by Gasteiger charge is 2.06. The van der Waals surface area contributed by atoms with E-state index in [0.29, 0.717) is 0 Å². The maximum atomic E-state index is 5.92. The molecule has 0 unspecified atom stereocenters. The highest BCUT2D eigenvalue weighted by Crippen LogP contribution is 2.34. The minimum Gasteiger partial charge on any atom is -0.492 e. The lowest BCUT2D eigenvalue weighted by molar-refractivity contribution is 0.303. The molecule has 0 saturated heterocycles. The van der Waals surface area contributed by atoms with E-state index in [1.54, 1.807) is 0 Å². The van der Waals surface area contributed by atoms with E-state index in [1.807, 2.05) is 0 Å². The number of hydrogen-bond acceptors (Lipinski definition) is 1. The molecule has 0 radical (unpaired) electrons. The average Bonchev–Trinajstić information content (AvgIpc) is 2.48. The third-order valence-electron chi connectivity index (χ3n) is 3.64. The third kappa shape index (κ3) is 5.00. The van der Waals surface area contributed by atoms with Crippen LogP contribution in [0.5, 0.6) is 5.75 Å². The minimum atomic E-state index is 0.798. The lowest BCUT2D eigenvalue weighted by Crippen LogP contribution is -1.98. The van der Waals surface area contributed by atoms with Gasteiger partial charge in [0.25, 0.3) is 0 Å². The van der Waals surface area contributed by atoms with Gasteiger partial charge in [0.2, 0.25) is 0 Å². The first-order valence-corrected chi connectivity index (χ1v) is 9.31. The largest absolute Gasteiger partial charge is 0.492 e. The molecule has 114 valence electrons. The molecule has 0 aliphatic heterocycles. The molecule has 0 aromatic heterocycles. The summed E-state index contributed by atoms with van der Waals surface area (Å²) in [4.78, 5) is 0. The molecule has 0 aliphatic carbocycles. The number of unbranched alkanes of at least 4 members (excludes halogenated alkanes) is 5. The summed E-state index contributed by atoms with van der Waals surface area (Å²) in [6.07, 6.45) is 7.73. The third-order valence-corrected chi connectivity index (χ3v) is 4.95. The quantitative estimate of drug-likeness (QED) is 0.419. The maximum Gasteiger partial charge on any atom is 0.134 e. The lowest BCUT2D eigenvalue weighted by Gasteiger charge is -2.10. The SMILES string of the molecule is CCCCCCCCOc1ccc2cc(Br)ccc2c1Br. The second-order valence-corrected chi connectivity index (χ2v) is 7.07. The smallest absolute Gasteiger partial charge is 0.134 e. The van der Waals surface area contributed by atoms with Crippen LogP contribution in [0, 0.1) is 0 Å². The fourth-order valence-electron chi connectivity index (χ4n) is 2.42. The first kappa shape index (κ1) is 16.8. The molecule has 2 aromatic carbocycles. The lowest BCUT2D eigenvalue weighted by atomic mass is 10.1. The maximum absolute atomic E-state index is 5.92. The molecule has 0 amide bonds.